The van der Waals surface area contributed by atoms with Gasteiger partial charge >= 0.3 is 0 Å². The first-order chi connectivity index (χ1) is 17.8. The van der Waals surface area contributed by atoms with Crippen LogP contribution in [0.5, 0.6) is 5.75 Å². The summed E-state index contributed by atoms with van der Waals surface area (Å²) in [5, 5.41) is 20.2. The Morgan fingerprint density at radius 2 is 1.95 bits per heavy atom. The summed E-state index contributed by atoms with van der Waals surface area (Å²) >= 11 is 0. The van der Waals surface area contributed by atoms with Crippen LogP contribution in [0.15, 0.2) is 42.5 Å². The quantitative estimate of drug-likeness (QED) is 0.367. The number of aromatic hydroxyl groups is 1. The lowest BCUT2D eigenvalue weighted by molar-refractivity contribution is -0.0284. The Morgan fingerprint density at radius 1 is 1.16 bits per heavy atom. The molecule has 7 heteroatoms. The molecule has 202 valence electrons. The standard InChI is InChI=1S/C30H42FN3O3/c1-21-25(12-7-13-28(21)31)26-18-29(34-16-8-10-23(34)20-35)33(15-5-4-14-32(2)3)19-27(26)30(37)22-9-6-11-24(36)17-22/h6-7,9,11-13,17,23,26-27,29,35-36H,4-5,8,10,14-16,18-20H2,1-3H3/t23-,26-,27-,29?/m0/s1. The Bertz CT molecular complexity index is 1060. The summed E-state index contributed by atoms with van der Waals surface area (Å²) in [5.74, 6) is -0.711. The smallest absolute Gasteiger partial charge is 0.167 e. The molecule has 2 fully saturated rings. The molecule has 2 heterocycles. The minimum absolute atomic E-state index is 0.0126. The van der Waals surface area contributed by atoms with Gasteiger partial charge in [0.15, 0.2) is 5.78 Å². The number of ketones is 1. The van der Waals surface area contributed by atoms with E-state index in [1.54, 1.807) is 31.2 Å². The summed E-state index contributed by atoms with van der Waals surface area (Å²) in [5.41, 5.74) is 1.97. The van der Waals surface area contributed by atoms with Gasteiger partial charge in [-0.15, -0.1) is 0 Å². The molecule has 0 spiro atoms. The number of aliphatic hydroxyl groups is 1. The first-order valence-electron chi connectivity index (χ1n) is 13.6. The largest absolute Gasteiger partial charge is 0.508 e. The SMILES string of the molecule is Cc1c(F)cccc1[C@@H]1CC(N2CCC[C@H]2CO)N(CCCCN(C)C)C[C@@H]1C(=O)c1cccc(O)c1. The van der Waals surface area contributed by atoms with Crippen molar-refractivity contribution in [3.05, 3.63) is 65.0 Å². The number of hydrogen-bond acceptors (Lipinski definition) is 6. The molecule has 0 saturated carbocycles. The number of hydrogen-bond donors (Lipinski definition) is 2. The van der Waals surface area contributed by atoms with Gasteiger partial charge in [0.05, 0.1) is 12.8 Å². The Kier molecular flexibility index (Phi) is 9.35. The predicted octanol–water partition coefficient (Wildman–Crippen LogP) is 4.25. The fourth-order valence-electron chi connectivity index (χ4n) is 6.33. The summed E-state index contributed by atoms with van der Waals surface area (Å²) in [6, 6.07) is 11.9. The van der Waals surface area contributed by atoms with Gasteiger partial charge in [-0.05, 0) is 101 Å². The van der Waals surface area contributed by atoms with Crippen LogP contribution >= 0.6 is 0 Å². The highest BCUT2D eigenvalue weighted by molar-refractivity contribution is 5.99. The van der Waals surface area contributed by atoms with Crippen LogP contribution in [0.4, 0.5) is 4.39 Å². The van der Waals surface area contributed by atoms with E-state index in [-0.39, 0.29) is 48.0 Å². The number of carbonyl (C=O) groups excluding carboxylic acids is 1. The third kappa shape index (κ3) is 6.40. The maximum Gasteiger partial charge on any atom is 0.167 e. The molecule has 2 aromatic rings. The normalized spacial score (nSPS) is 25.1. The van der Waals surface area contributed by atoms with Crippen molar-refractivity contribution < 1.29 is 19.4 Å². The number of unbranched alkanes of at least 4 members (excludes halogenated alkanes) is 1. The lowest BCUT2D eigenvalue weighted by Crippen LogP contribution is -2.58. The third-order valence-electron chi connectivity index (χ3n) is 8.30. The highest BCUT2D eigenvalue weighted by atomic mass is 19.1. The molecule has 2 aliphatic rings. The van der Waals surface area contributed by atoms with Gasteiger partial charge in [0.1, 0.15) is 11.6 Å². The number of aliphatic hydroxyl groups excluding tert-OH is 1. The van der Waals surface area contributed by atoms with Gasteiger partial charge in [-0.1, -0.05) is 24.3 Å². The zero-order chi connectivity index (χ0) is 26.5. The van der Waals surface area contributed by atoms with Crippen molar-refractivity contribution in [1.82, 2.24) is 14.7 Å². The zero-order valence-corrected chi connectivity index (χ0v) is 22.4. The average Bonchev–Trinajstić information content (AvgIpc) is 3.36. The number of phenolic OH excluding ortho intramolecular Hbond substituents is 1. The number of piperidine rings is 1. The first-order valence-corrected chi connectivity index (χ1v) is 13.6. The molecule has 0 bridgehead atoms. The lowest BCUT2D eigenvalue weighted by atomic mass is 9.74. The number of likely N-dealkylation sites (tertiary alicyclic amines) is 2. The zero-order valence-electron chi connectivity index (χ0n) is 22.4. The molecule has 2 aliphatic heterocycles. The number of halogens is 1. The molecule has 1 unspecified atom stereocenters. The highest BCUT2D eigenvalue weighted by Gasteiger charge is 2.44. The molecular formula is C30H42FN3O3. The topological polar surface area (TPSA) is 67.2 Å². The molecule has 2 saturated heterocycles. The molecule has 0 amide bonds. The van der Waals surface area contributed by atoms with Crippen LogP contribution in [-0.4, -0.2) is 89.8 Å². The van der Waals surface area contributed by atoms with Crippen LogP contribution in [0.25, 0.3) is 0 Å². The molecule has 0 aliphatic carbocycles. The number of nitrogens with zero attached hydrogens (tertiary/aromatic N) is 3. The molecule has 0 aromatic heterocycles. The summed E-state index contributed by atoms with van der Waals surface area (Å²) in [4.78, 5) is 21.0. The highest BCUT2D eigenvalue weighted by Crippen LogP contribution is 2.42. The molecule has 2 aromatic carbocycles. The maximum atomic E-state index is 14.7. The van der Waals surface area contributed by atoms with Gasteiger partial charge in [-0.3, -0.25) is 14.6 Å². The van der Waals surface area contributed by atoms with Crippen LogP contribution in [0.2, 0.25) is 0 Å². The number of Topliss-reactive ketones (excluding diaryl/α,β-unsaturated/α-hetero) is 1. The molecular weight excluding hydrogens is 469 g/mol. The van der Waals surface area contributed by atoms with Gasteiger partial charge in [-0.25, -0.2) is 4.39 Å². The maximum absolute atomic E-state index is 14.7. The second-order valence-corrected chi connectivity index (χ2v) is 11.0. The lowest BCUT2D eigenvalue weighted by Gasteiger charge is -2.49. The third-order valence-corrected chi connectivity index (χ3v) is 8.30. The van der Waals surface area contributed by atoms with Gasteiger partial charge in [-0.2, -0.15) is 0 Å². The van der Waals surface area contributed by atoms with E-state index in [4.69, 9.17) is 0 Å². The fraction of sp³-hybridized carbons (Fsp3) is 0.567. The monoisotopic (exact) mass is 511 g/mol. The molecule has 6 nitrogen and oxygen atoms in total. The summed E-state index contributed by atoms with van der Waals surface area (Å²) in [7, 11) is 4.16. The Morgan fingerprint density at radius 3 is 2.68 bits per heavy atom. The van der Waals surface area contributed by atoms with Crippen molar-refractivity contribution in [2.45, 2.75) is 57.2 Å². The van der Waals surface area contributed by atoms with E-state index in [1.807, 2.05) is 6.07 Å². The van der Waals surface area contributed by atoms with E-state index in [2.05, 4.69) is 28.8 Å². The van der Waals surface area contributed by atoms with E-state index in [9.17, 15) is 19.4 Å². The fourth-order valence-corrected chi connectivity index (χ4v) is 6.33. The van der Waals surface area contributed by atoms with Crippen molar-refractivity contribution in [2.24, 2.45) is 5.92 Å². The molecule has 37 heavy (non-hydrogen) atoms. The summed E-state index contributed by atoms with van der Waals surface area (Å²) in [6.45, 7) is 5.29. The van der Waals surface area contributed by atoms with Gasteiger partial charge < -0.3 is 15.1 Å². The van der Waals surface area contributed by atoms with E-state index in [1.165, 1.54) is 12.1 Å². The van der Waals surface area contributed by atoms with Gasteiger partial charge in [0.25, 0.3) is 0 Å². The van der Waals surface area contributed by atoms with Crippen LogP contribution in [-0.2, 0) is 0 Å². The van der Waals surface area contributed by atoms with Gasteiger partial charge in [0, 0.05) is 30.6 Å². The predicted molar refractivity (Wildman–Crippen MR) is 144 cm³/mol. The molecule has 2 N–H and O–H groups in total. The van der Waals surface area contributed by atoms with Crippen molar-refractivity contribution >= 4 is 5.78 Å². The van der Waals surface area contributed by atoms with Crippen LogP contribution < -0.4 is 0 Å². The molecule has 4 rings (SSSR count). The van der Waals surface area contributed by atoms with Crippen molar-refractivity contribution in [2.75, 3.05) is 46.9 Å². The van der Waals surface area contributed by atoms with E-state index in [0.717, 1.165) is 50.9 Å². The van der Waals surface area contributed by atoms with Crippen LogP contribution in [0.3, 0.4) is 0 Å². The van der Waals surface area contributed by atoms with Crippen LogP contribution in [0, 0.1) is 18.7 Å². The minimum atomic E-state index is -0.359. The van der Waals surface area contributed by atoms with Crippen molar-refractivity contribution in [1.29, 1.82) is 0 Å². The number of carbonyl (C=O) groups is 1. The summed E-state index contributed by atoms with van der Waals surface area (Å²) in [6.07, 6.45) is 4.88. The van der Waals surface area contributed by atoms with E-state index < -0.39 is 0 Å². The van der Waals surface area contributed by atoms with E-state index in [0.29, 0.717) is 24.1 Å². The Hall–Kier alpha value is -2.32. The Balaban J connectivity index is 1.70. The molecule has 0 radical (unpaired) electrons. The Labute approximate surface area is 220 Å². The number of rotatable bonds is 10. The van der Waals surface area contributed by atoms with Crippen molar-refractivity contribution in [3.8, 4) is 5.75 Å². The minimum Gasteiger partial charge on any atom is -0.508 e. The second-order valence-electron chi connectivity index (χ2n) is 11.0. The number of benzene rings is 2. The van der Waals surface area contributed by atoms with E-state index >= 15 is 0 Å². The first kappa shape index (κ1) is 27.7. The van der Waals surface area contributed by atoms with Gasteiger partial charge in [0.2, 0.25) is 0 Å². The molecule has 4 atom stereocenters. The summed E-state index contributed by atoms with van der Waals surface area (Å²) < 4.78 is 14.7. The second kappa shape index (κ2) is 12.5. The van der Waals surface area contributed by atoms with Crippen LogP contribution in [0.1, 0.15) is 59.5 Å². The average molecular weight is 512 g/mol. The van der Waals surface area contributed by atoms with Crippen molar-refractivity contribution in [3.63, 3.8) is 0 Å². The number of phenols is 1.